The molecule has 122 valence electrons. The molecule has 1 fully saturated rings. The van der Waals surface area contributed by atoms with E-state index in [9.17, 15) is 0 Å². The Hall–Kier alpha value is -1.35. The van der Waals surface area contributed by atoms with E-state index in [1.54, 1.807) is 11.3 Å². The van der Waals surface area contributed by atoms with Crippen LogP contribution in [-0.2, 0) is 5.41 Å². The van der Waals surface area contributed by atoms with Crippen LogP contribution in [0.25, 0.3) is 11.3 Å². The Kier molecular flexibility index (Phi) is 3.95. The summed E-state index contributed by atoms with van der Waals surface area (Å²) < 4.78 is 0. The lowest BCUT2D eigenvalue weighted by atomic mass is 9.96. The molecular formula is C20H17Cl2NS. The predicted octanol–water partition coefficient (Wildman–Crippen LogP) is 6.81. The first-order valence-electron chi connectivity index (χ1n) is 8.00. The van der Waals surface area contributed by atoms with Gasteiger partial charge >= 0.3 is 0 Å². The van der Waals surface area contributed by atoms with E-state index in [4.69, 9.17) is 28.2 Å². The third-order valence-corrected chi connectivity index (χ3v) is 6.45. The van der Waals surface area contributed by atoms with Crippen LogP contribution in [0.3, 0.4) is 0 Å². The lowest BCUT2D eigenvalue weighted by molar-refractivity contribution is 0.834. The lowest BCUT2D eigenvalue weighted by Crippen LogP contribution is -2.09. The number of nitrogens with zero attached hydrogens (tertiary/aromatic N) is 1. The molecule has 0 radical (unpaired) electrons. The molecule has 2 aromatic carbocycles. The molecule has 0 bridgehead atoms. The first kappa shape index (κ1) is 16.1. The Balaban J connectivity index is 1.77. The molecule has 0 saturated heterocycles. The molecule has 1 heterocycles. The van der Waals surface area contributed by atoms with E-state index in [1.807, 2.05) is 12.1 Å². The number of aromatic nitrogens is 1. The van der Waals surface area contributed by atoms with Crippen molar-refractivity contribution in [1.29, 1.82) is 0 Å². The van der Waals surface area contributed by atoms with Gasteiger partial charge in [-0.1, -0.05) is 59.1 Å². The second kappa shape index (κ2) is 5.87. The van der Waals surface area contributed by atoms with Crippen molar-refractivity contribution in [2.75, 3.05) is 0 Å². The highest BCUT2D eigenvalue weighted by molar-refractivity contribution is 7.12. The highest BCUT2D eigenvalue weighted by atomic mass is 35.5. The van der Waals surface area contributed by atoms with E-state index in [-0.39, 0.29) is 5.41 Å². The number of hydrogen-bond acceptors (Lipinski definition) is 2. The molecule has 1 aliphatic carbocycles. The molecule has 0 unspecified atom stereocenters. The molecule has 4 heteroatoms. The zero-order valence-electron chi connectivity index (χ0n) is 13.6. The zero-order chi connectivity index (χ0) is 16.9. The molecule has 24 heavy (non-hydrogen) atoms. The van der Waals surface area contributed by atoms with Crippen LogP contribution in [0.15, 0.2) is 42.5 Å². The monoisotopic (exact) mass is 373 g/mol. The van der Waals surface area contributed by atoms with Gasteiger partial charge in [-0.2, -0.15) is 0 Å². The van der Waals surface area contributed by atoms with Crippen LogP contribution in [0.2, 0.25) is 10.0 Å². The first-order valence-corrected chi connectivity index (χ1v) is 9.57. The van der Waals surface area contributed by atoms with E-state index >= 15 is 0 Å². The van der Waals surface area contributed by atoms with Crippen molar-refractivity contribution in [2.45, 2.75) is 32.1 Å². The minimum absolute atomic E-state index is 0.0277. The Morgan fingerprint density at radius 2 is 1.71 bits per heavy atom. The zero-order valence-corrected chi connectivity index (χ0v) is 15.9. The first-order chi connectivity index (χ1) is 11.5. The average Bonchev–Trinajstić information content (AvgIpc) is 3.25. The van der Waals surface area contributed by atoms with Crippen molar-refractivity contribution in [3.8, 4) is 11.3 Å². The standard InChI is InChI=1S/C20H17Cl2NS/c1-12-3-5-14(6-4-12)18-13(2)24-19(23-18)20(9-10-20)16-8-7-15(21)11-17(16)22/h3-8,11H,9-10H2,1-2H3. The van der Waals surface area contributed by atoms with Crippen LogP contribution in [0.1, 0.15) is 33.9 Å². The molecule has 1 saturated carbocycles. The van der Waals surface area contributed by atoms with Crippen LogP contribution >= 0.6 is 34.5 Å². The molecule has 0 amide bonds. The number of hydrogen-bond donors (Lipinski definition) is 0. The van der Waals surface area contributed by atoms with Gasteiger partial charge in [0.05, 0.1) is 5.69 Å². The molecule has 1 nitrogen and oxygen atoms in total. The number of thiazole rings is 1. The lowest BCUT2D eigenvalue weighted by Gasteiger charge is -2.14. The third-order valence-electron chi connectivity index (χ3n) is 4.73. The molecule has 0 aliphatic heterocycles. The average molecular weight is 374 g/mol. The molecule has 0 N–H and O–H groups in total. The molecule has 1 aliphatic rings. The van der Waals surface area contributed by atoms with Crippen LogP contribution in [0, 0.1) is 13.8 Å². The van der Waals surface area contributed by atoms with E-state index in [0.717, 1.165) is 29.1 Å². The van der Waals surface area contributed by atoms with Crippen LogP contribution in [-0.4, -0.2) is 4.98 Å². The highest BCUT2D eigenvalue weighted by Gasteiger charge is 2.49. The predicted molar refractivity (Wildman–Crippen MR) is 104 cm³/mol. The Morgan fingerprint density at radius 3 is 2.33 bits per heavy atom. The smallest absolute Gasteiger partial charge is 0.104 e. The van der Waals surface area contributed by atoms with Crippen molar-refractivity contribution >= 4 is 34.5 Å². The van der Waals surface area contributed by atoms with Gasteiger partial charge < -0.3 is 0 Å². The second-order valence-corrected chi connectivity index (χ2v) is 8.54. The fourth-order valence-corrected chi connectivity index (χ4v) is 4.97. The molecule has 3 aromatic rings. The van der Waals surface area contributed by atoms with Gasteiger partial charge in [-0.25, -0.2) is 4.98 Å². The summed E-state index contributed by atoms with van der Waals surface area (Å²) in [6.45, 7) is 4.25. The van der Waals surface area contributed by atoms with Gasteiger partial charge in [0.25, 0.3) is 0 Å². The van der Waals surface area contributed by atoms with Gasteiger partial charge in [-0.15, -0.1) is 11.3 Å². The largest absolute Gasteiger partial charge is 0.240 e. The topological polar surface area (TPSA) is 12.9 Å². The maximum absolute atomic E-state index is 6.48. The maximum atomic E-state index is 6.48. The van der Waals surface area contributed by atoms with Crippen molar-refractivity contribution in [3.63, 3.8) is 0 Å². The Morgan fingerprint density at radius 1 is 1.00 bits per heavy atom. The Labute approximate surface area is 156 Å². The van der Waals surface area contributed by atoms with Gasteiger partial charge in [-0.05, 0) is 44.4 Å². The summed E-state index contributed by atoms with van der Waals surface area (Å²) in [7, 11) is 0. The minimum Gasteiger partial charge on any atom is -0.240 e. The van der Waals surface area contributed by atoms with Gasteiger partial charge in [0.2, 0.25) is 0 Å². The fraction of sp³-hybridized carbons (Fsp3) is 0.250. The normalized spacial score (nSPS) is 15.5. The SMILES string of the molecule is Cc1ccc(-c2nc(C3(c4ccc(Cl)cc4Cl)CC3)sc2C)cc1. The minimum atomic E-state index is -0.0277. The summed E-state index contributed by atoms with van der Waals surface area (Å²) in [4.78, 5) is 6.27. The van der Waals surface area contributed by atoms with Crippen LogP contribution in [0.5, 0.6) is 0 Å². The van der Waals surface area contributed by atoms with E-state index in [0.29, 0.717) is 5.02 Å². The molecule has 4 rings (SSSR count). The van der Waals surface area contributed by atoms with Crippen molar-refractivity contribution in [3.05, 3.63) is 73.5 Å². The summed E-state index contributed by atoms with van der Waals surface area (Å²) in [5.74, 6) is 0. The van der Waals surface area contributed by atoms with Crippen molar-refractivity contribution in [1.82, 2.24) is 4.98 Å². The Bertz CT molecular complexity index is 908. The molecular weight excluding hydrogens is 357 g/mol. The van der Waals surface area contributed by atoms with Gasteiger partial charge in [-0.3, -0.25) is 0 Å². The molecule has 0 atom stereocenters. The summed E-state index contributed by atoms with van der Waals surface area (Å²) in [5.41, 5.74) is 4.65. The fourth-order valence-electron chi connectivity index (χ4n) is 3.18. The summed E-state index contributed by atoms with van der Waals surface area (Å²) in [5, 5.41) is 2.58. The number of halogens is 2. The highest BCUT2D eigenvalue weighted by Crippen LogP contribution is 2.57. The van der Waals surface area contributed by atoms with Crippen LogP contribution < -0.4 is 0 Å². The van der Waals surface area contributed by atoms with E-state index in [1.165, 1.54) is 21.0 Å². The molecule has 1 aromatic heterocycles. The van der Waals surface area contributed by atoms with E-state index in [2.05, 4.69) is 44.2 Å². The van der Waals surface area contributed by atoms with Gasteiger partial charge in [0.1, 0.15) is 5.01 Å². The van der Waals surface area contributed by atoms with E-state index < -0.39 is 0 Å². The van der Waals surface area contributed by atoms with Crippen LogP contribution in [0.4, 0.5) is 0 Å². The summed E-state index contributed by atoms with van der Waals surface area (Å²) in [6, 6.07) is 14.4. The van der Waals surface area contributed by atoms with Gasteiger partial charge in [0, 0.05) is 25.9 Å². The van der Waals surface area contributed by atoms with Crippen molar-refractivity contribution < 1.29 is 0 Å². The van der Waals surface area contributed by atoms with Crippen molar-refractivity contribution in [2.24, 2.45) is 0 Å². The maximum Gasteiger partial charge on any atom is 0.104 e. The second-order valence-electron chi connectivity index (χ2n) is 6.50. The molecule has 0 spiro atoms. The summed E-state index contributed by atoms with van der Waals surface area (Å²) >= 11 is 14.3. The quantitative estimate of drug-likeness (QED) is 0.490. The summed E-state index contributed by atoms with van der Waals surface area (Å²) in [6.07, 6.45) is 2.18. The number of aryl methyl sites for hydroxylation is 2. The third kappa shape index (κ3) is 2.67. The van der Waals surface area contributed by atoms with Gasteiger partial charge in [0.15, 0.2) is 0 Å². The number of benzene rings is 2. The number of rotatable bonds is 3.